The standard InChI is InChI=1S/C24H26N2O6/c1-6-26-20-9-8-18(32-7-2)13-19(20)14(3)21(26)22(27)25-17-11-15(23(28)30-4)10-16(12-17)24(29)31-5/h8-13H,6-7H2,1-5H3,(H,25,27). The van der Waals surface area contributed by atoms with E-state index in [1.54, 1.807) is 0 Å². The van der Waals surface area contributed by atoms with E-state index in [0.29, 0.717) is 18.8 Å². The fourth-order valence-electron chi connectivity index (χ4n) is 3.74. The lowest BCUT2D eigenvalue weighted by molar-refractivity contribution is 0.0599. The van der Waals surface area contributed by atoms with Gasteiger partial charge in [0.2, 0.25) is 0 Å². The second-order valence-corrected chi connectivity index (χ2v) is 7.07. The van der Waals surface area contributed by atoms with Crippen molar-refractivity contribution in [1.82, 2.24) is 4.57 Å². The van der Waals surface area contributed by atoms with Crippen LogP contribution >= 0.6 is 0 Å². The van der Waals surface area contributed by atoms with Crippen molar-refractivity contribution < 1.29 is 28.6 Å². The number of amides is 1. The maximum absolute atomic E-state index is 13.3. The quantitative estimate of drug-likeness (QED) is 0.556. The van der Waals surface area contributed by atoms with Gasteiger partial charge in [-0.3, -0.25) is 4.79 Å². The van der Waals surface area contributed by atoms with E-state index in [4.69, 9.17) is 14.2 Å². The molecule has 1 aromatic heterocycles. The third-order valence-electron chi connectivity index (χ3n) is 5.16. The second kappa shape index (κ2) is 9.55. The van der Waals surface area contributed by atoms with Crippen LogP contribution in [0.5, 0.6) is 5.75 Å². The number of nitrogens with zero attached hydrogens (tertiary/aromatic N) is 1. The van der Waals surface area contributed by atoms with Gasteiger partial charge >= 0.3 is 11.9 Å². The topological polar surface area (TPSA) is 95.9 Å². The summed E-state index contributed by atoms with van der Waals surface area (Å²) in [5.74, 6) is -0.893. The van der Waals surface area contributed by atoms with Crippen molar-refractivity contribution in [3.8, 4) is 5.75 Å². The molecule has 1 N–H and O–H groups in total. The van der Waals surface area contributed by atoms with Gasteiger partial charge in [0.25, 0.3) is 5.91 Å². The van der Waals surface area contributed by atoms with E-state index in [2.05, 4.69) is 5.32 Å². The normalized spacial score (nSPS) is 10.7. The van der Waals surface area contributed by atoms with Crippen LogP contribution in [0.3, 0.4) is 0 Å². The molecule has 0 saturated carbocycles. The molecule has 0 fully saturated rings. The van der Waals surface area contributed by atoms with Crippen molar-refractivity contribution in [3.05, 3.63) is 58.8 Å². The number of esters is 2. The SMILES string of the molecule is CCOc1ccc2c(c1)c(C)c(C(=O)Nc1cc(C(=O)OC)cc(C(=O)OC)c1)n2CC. The van der Waals surface area contributed by atoms with Gasteiger partial charge in [0, 0.05) is 23.1 Å². The average molecular weight is 438 g/mol. The Morgan fingerprint density at radius 1 is 0.938 bits per heavy atom. The molecule has 0 atom stereocenters. The summed E-state index contributed by atoms with van der Waals surface area (Å²) in [6.45, 7) is 6.88. The van der Waals surface area contributed by atoms with E-state index < -0.39 is 11.9 Å². The number of aryl methyl sites for hydroxylation is 2. The number of hydrogen-bond acceptors (Lipinski definition) is 6. The van der Waals surface area contributed by atoms with Crippen molar-refractivity contribution in [1.29, 1.82) is 0 Å². The zero-order valence-corrected chi connectivity index (χ0v) is 18.8. The first-order chi connectivity index (χ1) is 15.3. The first-order valence-corrected chi connectivity index (χ1v) is 10.2. The predicted molar refractivity (Wildman–Crippen MR) is 121 cm³/mol. The molecule has 0 aliphatic heterocycles. The molecular formula is C24H26N2O6. The van der Waals surface area contributed by atoms with Crippen molar-refractivity contribution in [2.24, 2.45) is 0 Å². The zero-order chi connectivity index (χ0) is 23.4. The first kappa shape index (κ1) is 22.9. The number of hydrogen-bond donors (Lipinski definition) is 1. The van der Waals surface area contributed by atoms with Gasteiger partial charge in [-0.1, -0.05) is 0 Å². The van der Waals surface area contributed by atoms with Gasteiger partial charge in [-0.05, 0) is 62.7 Å². The van der Waals surface area contributed by atoms with Crippen LogP contribution in [0.15, 0.2) is 36.4 Å². The highest BCUT2D eigenvalue weighted by Crippen LogP contribution is 2.30. The van der Waals surface area contributed by atoms with Crippen molar-refractivity contribution in [3.63, 3.8) is 0 Å². The highest BCUT2D eigenvalue weighted by Gasteiger charge is 2.21. The molecule has 8 nitrogen and oxygen atoms in total. The second-order valence-electron chi connectivity index (χ2n) is 7.07. The highest BCUT2D eigenvalue weighted by atomic mass is 16.5. The van der Waals surface area contributed by atoms with Crippen molar-refractivity contribution in [2.75, 3.05) is 26.1 Å². The van der Waals surface area contributed by atoms with Crippen molar-refractivity contribution in [2.45, 2.75) is 27.3 Å². The molecule has 0 bridgehead atoms. The number of rotatable bonds is 7. The molecule has 0 saturated heterocycles. The summed E-state index contributed by atoms with van der Waals surface area (Å²) in [5, 5.41) is 3.72. The van der Waals surface area contributed by atoms with E-state index in [9.17, 15) is 14.4 Å². The zero-order valence-electron chi connectivity index (χ0n) is 18.8. The molecule has 0 spiro atoms. The summed E-state index contributed by atoms with van der Waals surface area (Å²) >= 11 is 0. The molecular weight excluding hydrogens is 412 g/mol. The van der Waals surface area contributed by atoms with Crippen LogP contribution in [-0.2, 0) is 16.0 Å². The number of methoxy groups -OCH3 is 2. The van der Waals surface area contributed by atoms with E-state index in [1.165, 1.54) is 32.4 Å². The minimum Gasteiger partial charge on any atom is -0.494 e. The fraction of sp³-hybridized carbons (Fsp3) is 0.292. The number of anilines is 1. The maximum atomic E-state index is 13.3. The van der Waals surface area contributed by atoms with Gasteiger partial charge < -0.3 is 24.1 Å². The van der Waals surface area contributed by atoms with Gasteiger partial charge in [-0.25, -0.2) is 9.59 Å². The lowest BCUT2D eigenvalue weighted by Crippen LogP contribution is -2.19. The van der Waals surface area contributed by atoms with Gasteiger partial charge in [0.15, 0.2) is 0 Å². The molecule has 3 aromatic rings. The molecule has 0 unspecified atom stereocenters. The Balaban J connectivity index is 2.05. The van der Waals surface area contributed by atoms with E-state index in [1.807, 2.05) is 43.5 Å². The molecule has 32 heavy (non-hydrogen) atoms. The molecule has 0 aliphatic carbocycles. The predicted octanol–water partition coefficient (Wildman–Crippen LogP) is 4.19. The summed E-state index contributed by atoms with van der Waals surface area (Å²) in [4.78, 5) is 37.4. The van der Waals surface area contributed by atoms with Crippen molar-refractivity contribution >= 4 is 34.4 Å². The molecule has 8 heteroatoms. The smallest absolute Gasteiger partial charge is 0.337 e. The number of carbonyl (C=O) groups excluding carboxylic acids is 3. The summed E-state index contributed by atoms with van der Waals surface area (Å²) in [5.41, 5.74) is 2.73. The van der Waals surface area contributed by atoms with Crippen LogP contribution in [0.25, 0.3) is 10.9 Å². The Labute approximate surface area is 186 Å². The van der Waals surface area contributed by atoms with Crippen LogP contribution in [0.2, 0.25) is 0 Å². The Kier molecular flexibility index (Phi) is 6.82. The van der Waals surface area contributed by atoms with Gasteiger partial charge in [-0.2, -0.15) is 0 Å². The lowest BCUT2D eigenvalue weighted by Gasteiger charge is -2.12. The molecule has 0 aliphatic rings. The van der Waals surface area contributed by atoms with E-state index in [0.717, 1.165) is 22.2 Å². The number of carbonyl (C=O) groups is 3. The van der Waals surface area contributed by atoms with Crippen LogP contribution in [0.4, 0.5) is 5.69 Å². The summed E-state index contributed by atoms with van der Waals surface area (Å²) in [6, 6.07) is 10.00. The molecule has 0 radical (unpaired) electrons. The Hall–Kier alpha value is -3.81. The van der Waals surface area contributed by atoms with E-state index >= 15 is 0 Å². The van der Waals surface area contributed by atoms with E-state index in [-0.39, 0.29) is 22.7 Å². The Morgan fingerprint density at radius 3 is 2.09 bits per heavy atom. The van der Waals surface area contributed by atoms with Crippen LogP contribution in [-0.4, -0.2) is 43.2 Å². The maximum Gasteiger partial charge on any atom is 0.337 e. The fourth-order valence-corrected chi connectivity index (χ4v) is 3.74. The van der Waals surface area contributed by atoms with Gasteiger partial charge in [-0.15, -0.1) is 0 Å². The van der Waals surface area contributed by atoms with Crippen LogP contribution in [0, 0.1) is 6.92 Å². The number of ether oxygens (including phenoxy) is 3. The molecule has 2 aromatic carbocycles. The molecule has 1 amide bonds. The third-order valence-corrected chi connectivity index (χ3v) is 5.16. The number of fused-ring (bicyclic) bond motifs is 1. The number of aromatic nitrogens is 1. The lowest BCUT2D eigenvalue weighted by atomic mass is 10.1. The van der Waals surface area contributed by atoms with Gasteiger partial charge in [0.1, 0.15) is 11.4 Å². The minimum absolute atomic E-state index is 0.125. The molecule has 1 heterocycles. The van der Waals surface area contributed by atoms with Crippen LogP contribution < -0.4 is 10.1 Å². The Morgan fingerprint density at radius 2 is 1.56 bits per heavy atom. The monoisotopic (exact) mass is 438 g/mol. The Bertz CT molecular complexity index is 1160. The summed E-state index contributed by atoms with van der Waals surface area (Å²) in [7, 11) is 2.48. The molecule has 168 valence electrons. The van der Waals surface area contributed by atoms with Crippen LogP contribution in [0.1, 0.15) is 50.6 Å². The third kappa shape index (κ3) is 4.30. The molecule has 3 rings (SSSR count). The average Bonchev–Trinajstić information content (AvgIpc) is 3.09. The minimum atomic E-state index is -0.631. The summed E-state index contributed by atoms with van der Waals surface area (Å²) < 4.78 is 17.0. The first-order valence-electron chi connectivity index (χ1n) is 10.2. The summed E-state index contributed by atoms with van der Waals surface area (Å²) in [6.07, 6.45) is 0. The van der Waals surface area contributed by atoms with Gasteiger partial charge in [0.05, 0.1) is 32.0 Å². The largest absolute Gasteiger partial charge is 0.494 e. The number of benzene rings is 2. The highest BCUT2D eigenvalue weighted by molar-refractivity contribution is 6.09. The number of nitrogens with one attached hydrogen (secondary N) is 1.